The number of aliphatic hydroxyl groups excluding tert-OH is 1. The number of halogens is 1. The summed E-state index contributed by atoms with van der Waals surface area (Å²) in [7, 11) is 2.00. The highest BCUT2D eigenvalue weighted by Gasteiger charge is 2.21. The van der Waals surface area contributed by atoms with Crippen molar-refractivity contribution in [2.75, 3.05) is 13.6 Å². The van der Waals surface area contributed by atoms with Crippen LogP contribution in [0.1, 0.15) is 32.4 Å². The number of hydrogen-bond donors (Lipinski definition) is 1. The van der Waals surface area contributed by atoms with Crippen molar-refractivity contribution in [2.24, 2.45) is 0 Å². The molecule has 1 unspecified atom stereocenters. The summed E-state index contributed by atoms with van der Waals surface area (Å²) in [5, 5.41) is 10.7. The van der Waals surface area contributed by atoms with E-state index in [0.717, 1.165) is 5.56 Å². The molecule has 1 aromatic carbocycles. The molecule has 0 spiro atoms. The Morgan fingerprint density at radius 3 is 2.38 bits per heavy atom. The number of hydrogen-bond acceptors (Lipinski definition) is 2. The first kappa shape index (κ1) is 13.5. The van der Waals surface area contributed by atoms with Crippen molar-refractivity contribution in [3.8, 4) is 0 Å². The number of likely N-dealkylation sites (N-methyl/N-ethyl adjacent to an activating group) is 1. The van der Waals surface area contributed by atoms with E-state index in [1.54, 1.807) is 6.07 Å². The Morgan fingerprint density at radius 1 is 1.31 bits per heavy atom. The van der Waals surface area contributed by atoms with Gasteiger partial charge in [0, 0.05) is 22.7 Å². The van der Waals surface area contributed by atoms with Gasteiger partial charge in [-0.15, -0.1) is 0 Å². The summed E-state index contributed by atoms with van der Waals surface area (Å²) < 4.78 is 0. The summed E-state index contributed by atoms with van der Waals surface area (Å²) in [6, 6.07) is 7.42. The van der Waals surface area contributed by atoms with E-state index in [1.165, 1.54) is 0 Å². The van der Waals surface area contributed by atoms with Crippen molar-refractivity contribution in [1.29, 1.82) is 0 Å². The molecular formula is C13H20ClNO. The van der Waals surface area contributed by atoms with Gasteiger partial charge in [-0.25, -0.2) is 0 Å². The molecular weight excluding hydrogens is 222 g/mol. The van der Waals surface area contributed by atoms with Gasteiger partial charge < -0.3 is 5.11 Å². The molecule has 0 radical (unpaired) electrons. The van der Waals surface area contributed by atoms with E-state index in [0.29, 0.717) is 11.6 Å². The zero-order valence-electron chi connectivity index (χ0n) is 10.4. The molecule has 0 heterocycles. The number of nitrogens with zero attached hydrogens (tertiary/aromatic N) is 1. The fourth-order valence-electron chi connectivity index (χ4n) is 1.38. The van der Waals surface area contributed by atoms with Gasteiger partial charge in [0.15, 0.2) is 0 Å². The second kappa shape index (κ2) is 5.17. The lowest BCUT2D eigenvalue weighted by atomic mass is 10.0. The Morgan fingerprint density at radius 2 is 1.88 bits per heavy atom. The first-order valence-corrected chi connectivity index (χ1v) is 5.84. The molecule has 0 aromatic heterocycles. The average molecular weight is 242 g/mol. The molecule has 1 N–H and O–H groups in total. The highest BCUT2D eigenvalue weighted by atomic mass is 35.5. The molecule has 0 amide bonds. The molecule has 1 atom stereocenters. The summed E-state index contributed by atoms with van der Waals surface area (Å²) in [5.41, 5.74) is 0.836. The predicted octanol–water partition coefficient (Wildman–Crippen LogP) is 3.10. The highest BCUT2D eigenvalue weighted by Crippen LogP contribution is 2.24. The van der Waals surface area contributed by atoms with Crippen LogP contribution in [0.4, 0.5) is 0 Å². The van der Waals surface area contributed by atoms with Crippen LogP contribution in [0.2, 0.25) is 5.02 Å². The Labute approximate surface area is 103 Å². The van der Waals surface area contributed by atoms with Crippen LogP contribution in [0.5, 0.6) is 0 Å². The van der Waals surface area contributed by atoms with Crippen LogP contribution >= 0.6 is 11.6 Å². The highest BCUT2D eigenvalue weighted by molar-refractivity contribution is 6.31. The number of rotatable bonds is 3. The van der Waals surface area contributed by atoms with Crippen molar-refractivity contribution < 1.29 is 5.11 Å². The Balaban J connectivity index is 2.73. The molecule has 0 bridgehead atoms. The van der Waals surface area contributed by atoms with Crippen molar-refractivity contribution in [1.82, 2.24) is 4.90 Å². The van der Waals surface area contributed by atoms with Gasteiger partial charge in [-0.2, -0.15) is 0 Å². The van der Waals surface area contributed by atoms with E-state index in [1.807, 2.05) is 25.2 Å². The number of benzene rings is 1. The third-order valence-electron chi connectivity index (χ3n) is 2.86. The standard InChI is InChI=1S/C13H20ClNO/c1-13(2,3)15(4)9-12(16)10-7-5-6-8-11(10)14/h5-8,12,16H,9H2,1-4H3. The van der Waals surface area contributed by atoms with Crippen molar-refractivity contribution in [3.05, 3.63) is 34.9 Å². The van der Waals surface area contributed by atoms with E-state index in [-0.39, 0.29) is 5.54 Å². The van der Waals surface area contributed by atoms with E-state index in [2.05, 4.69) is 25.7 Å². The van der Waals surface area contributed by atoms with Gasteiger partial charge in [0.1, 0.15) is 0 Å². The third-order valence-corrected chi connectivity index (χ3v) is 3.20. The van der Waals surface area contributed by atoms with E-state index in [4.69, 9.17) is 11.6 Å². The zero-order chi connectivity index (χ0) is 12.3. The third kappa shape index (κ3) is 3.48. The first-order chi connectivity index (χ1) is 7.32. The minimum atomic E-state index is -0.544. The fourth-order valence-corrected chi connectivity index (χ4v) is 1.64. The Kier molecular flexibility index (Phi) is 4.36. The summed E-state index contributed by atoms with van der Waals surface area (Å²) in [6.07, 6.45) is -0.544. The van der Waals surface area contributed by atoms with Crippen LogP contribution in [0.15, 0.2) is 24.3 Å². The van der Waals surface area contributed by atoms with Gasteiger partial charge in [-0.1, -0.05) is 29.8 Å². The van der Waals surface area contributed by atoms with Crippen LogP contribution in [-0.4, -0.2) is 29.1 Å². The van der Waals surface area contributed by atoms with Crippen LogP contribution in [-0.2, 0) is 0 Å². The van der Waals surface area contributed by atoms with Crippen LogP contribution in [0, 0.1) is 0 Å². The first-order valence-electron chi connectivity index (χ1n) is 5.46. The molecule has 2 nitrogen and oxygen atoms in total. The monoisotopic (exact) mass is 241 g/mol. The van der Waals surface area contributed by atoms with Crippen molar-refractivity contribution >= 4 is 11.6 Å². The SMILES string of the molecule is CN(CC(O)c1ccccc1Cl)C(C)(C)C. The second-order valence-electron chi connectivity index (χ2n) is 5.09. The van der Waals surface area contributed by atoms with Crippen LogP contribution in [0.3, 0.4) is 0 Å². The quantitative estimate of drug-likeness (QED) is 0.879. The molecule has 0 aliphatic heterocycles. The Hall–Kier alpha value is -0.570. The fraction of sp³-hybridized carbons (Fsp3) is 0.538. The molecule has 1 rings (SSSR count). The van der Waals surface area contributed by atoms with Gasteiger partial charge in [-0.05, 0) is 33.9 Å². The molecule has 0 saturated heterocycles. The maximum Gasteiger partial charge on any atom is 0.0931 e. The summed E-state index contributed by atoms with van der Waals surface area (Å²) in [4.78, 5) is 2.11. The van der Waals surface area contributed by atoms with Gasteiger partial charge in [0.05, 0.1) is 6.10 Å². The van der Waals surface area contributed by atoms with E-state index < -0.39 is 6.10 Å². The smallest absolute Gasteiger partial charge is 0.0931 e. The lowest BCUT2D eigenvalue weighted by Gasteiger charge is -2.33. The average Bonchev–Trinajstić information content (AvgIpc) is 2.16. The minimum absolute atomic E-state index is 0.0439. The minimum Gasteiger partial charge on any atom is -0.387 e. The van der Waals surface area contributed by atoms with Gasteiger partial charge in [0.25, 0.3) is 0 Å². The molecule has 0 fully saturated rings. The second-order valence-corrected chi connectivity index (χ2v) is 5.50. The summed E-state index contributed by atoms with van der Waals surface area (Å²) in [5.74, 6) is 0. The topological polar surface area (TPSA) is 23.5 Å². The van der Waals surface area contributed by atoms with Crippen molar-refractivity contribution in [3.63, 3.8) is 0 Å². The lowest BCUT2D eigenvalue weighted by Crippen LogP contribution is -2.40. The van der Waals surface area contributed by atoms with Gasteiger partial charge in [-0.3, -0.25) is 4.90 Å². The zero-order valence-corrected chi connectivity index (χ0v) is 11.1. The molecule has 0 aliphatic carbocycles. The van der Waals surface area contributed by atoms with Crippen molar-refractivity contribution in [2.45, 2.75) is 32.4 Å². The largest absolute Gasteiger partial charge is 0.387 e. The van der Waals surface area contributed by atoms with E-state index in [9.17, 15) is 5.11 Å². The molecule has 16 heavy (non-hydrogen) atoms. The summed E-state index contributed by atoms with van der Waals surface area (Å²) >= 11 is 6.04. The molecule has 0 saturated carbocycles. The molecule has 1 aromatic rings. The number of aliphatic hydroxyl groups is 1. The summed E-state index contributed by atoms with van der Waals surface area (Å²) in [6.45, 7) is 6.93. The van der Waals surface area contributed by atoms with Crippen LogP contribution in [0.25, 0.3) is 0 Å². The van der Waals surface area contributed by atoms with Gasteiger partial charge in [0.2, 0.25) is 0 Å². The molecule has 0 aliphatic rings. The van der Waals surface area contributed by atoms with E-state index >= 15 is 0 Å². The predicted molar refractivity (Wildman–Crippen MR) is 68.8 cm³/mol. The molecule has 90 valence electrons. The van der Waals surface area contributed by atoms with Crippen LogP contribution < -0.4 is 0 Å². The van der Waals surface area contributed by atoms with Gasteiger partial charge >= 0.3 is 0 Å². The lowest BCUT2D eigenvalue weighted by molar-refractivity contribution is 0.0790. The normalized spacial score (nSPS) is 14.2. The number of β-amino-alcohol motifs (C(OH)–C–C–N with tert-alkyl or cyclic N) is 1. The maximum absolute atomic E-state index is 10.1. The molecule has 3 heteroatoms. The maximum atomic E-state index is 10.1. The Bertz CT molecular complexity index is 346.